The molecule has 0 bridgehead atoms. The standard InChI is InChI=1S/C19H18ClNO6/c1-11(18(22)21-12-7-8-14(24-2)13(20)9-12)26-19(23)17-10-25-15-5-3-4-6-16(15)27-17/h3-9,11,17H,10H2,1-2H3,(H,21,22)/t11-,17+/m1/s1. The number of ether oxygens (including phenoxy) is 4. The van der Waals surface area contributed by atoms with Gasteiger partial charge in [-0.3, -0.25) is 4.79 Å². The summed E-state index contributed by atoms with van der Waals surface area (Å²) < 4.78 is 21.3. The summed E-state index contributed by atoms with van der Waals surface area (Å²) in [5.41, 5.74) is 0.458. The Morgan fingerprint density at radius 3 is 2.67 bits per heavy atom. The summed E-state index contributed by atoms with van der Waals surface area (Å²) in [6.45, 7) is 1.48. The van der Waals surface area contributed by atoms with Gasteiger partial charge in [0.15, 0.2) is 17.6 Å². The number of nitrogens with one attached hydrogen (secondary N) is 1. The SMILES string of the molecule is COc1ccc(NC(=O)[C@@H](C)OC(=O)[C@@H]2COc3ccccc3O2)cc1Cl. The van der Waals surface area contributed by atoms with Crippen LogP contribution in [0.5, 0.6) is 17.2 Å². The molecular weight excluding hydrogens is 374 g/mol. The summed E-state index contributed by atoms with van der Waals surface area (Å²) in [6.07, 6.45) is -1.97. The van der Waals surface area contributed by atoms with Gasteiger partial charge in [-0.2, -0.15) is 0 Å². The molecule has 2 atom stereocenters. The van der Waals surface area contributed by atoms with Crippen molar-refractivity contribution in [3.63, 3.8) is 0 Å². The summed E-state index contributed by atoms with van der Waals surface area (Å²) in [4.78, 5) is 24.5. The lowest BCUT2D eigenvalue weighted by atomic mass is 10.2. The van der Waals surface area contributed by atoms with Crippen molar-refractivity contribution in [2.75, 3.05) is 19.0 Å². The minimum atomic E-state index is -1.03. The number of esters is 1. The van der Waals surface area contributed by atoms with E-state index in [1.54, 1.807) is 42.5 Å². The van der Waals surface area contributed by atoms with Gasteiger partial charge in [0, 0.05) is 5.69 Å². The second-order valence-electron chi connectivity index (χ2n) is 5.78. The second kappa shape index (κ2) is 8.18. The fourth-order valence-corrected chi connectivity index (χ4v) is 2.69. The van der Waals surface area contributed by atoms with Crippen LogP contribution in [0.4, 0.5) is 5.69 Å². The van der Waals surface area contributed by atoms with Gasteiger partial charge >= 0.3 is 5.97 Å². The molecule has 7 nitrogen and oxygen atoms in total. The Morgan fingerprint density at radius 1 is 1.22 bits per heavy atom. The topological polar surface area (TPSA) is 83.1 Å². The molecule has 0 spiro atoms. The number of hydrogen-bond donors (Lipinski definition) is 1. The zero-order chi connectivity index (χ0) is 19.4. The van der Waals surface area contributed by atoms with Gasteiger partial charge in [-0.25, -0.2) is 4.79 Å². The van der Waals surface area contributed by atoms with Crippen LogP contribution in [0.3, 0.4) is 0 Å². The van der Waals surface area contributed by atoms with E-state index in [2.05, 4.69) is 5.32 Å². The first-order valence-corrected chi connectivity index (χ1v) is 8.59. The molecule has 1 N–H and O–H groups in total. The molecule has 0 saturated heterocycles. The van der Waals surface area contributed by atoms with Crippen molar-refractivity contribution in [3.8, 4) is 17.2 Å². The van der Waals surface area contributed by atoms with Crippen molar-refractivity contribution in [2.45, 2.75) is 19.1 Å². The molecule has 0 unspecified atom stereocenters. The largest absolute Gasteiger partial charge is 0.495 e. The minimum absolute atomic E-state index is 0.0122. The van der Waals surface area contributed by atoms with Crippen LogP contribution in [0.25, 0.3) is 0 Å². The molecule has 0 aromatic heterocycles. The third-order valence-electron chi connectivity index (χ3n) is 3.85. The van der Waals surface area contributed by atoms with Gasteiger partial charge in [0.1, 0.15) is 12.4 Å². The number of benzene rings is 2. The van der Waals surface area contributed by atoms with E-state index in [4.69, 9.17) is 30.5 Å². The van der Waals surface area contributed by atoms with E-state index >= 15 is 0 Å². The maximum atomic E-state index is 12.3. The van der Waals surface area contributed by atoms with Crippen LogP contribution < -0.4 is 19.5 Å². The normalized spacial score (nSPS) is 16.2. The Hall–Kier alpha value is -2.93. The number of carbonyl (C=O) groups is 2. The maximum absolute atomic E-state index is 12.3. The van der Waals surface area contributed by atoms with Crippen LogP contribution in [0.1, 0.15) is 6.92 Å². The van der Waals surface area contributed by atoms with E-state index in [9.17, 15) is 9.59 Å². The van der Waals surface area contributed by atoms with Gasteiger partial charge in [0.2, 0.25) is 6.10 Å². The number of rotatable bonds is 5. The van der Waals surface area contributed by atoms with Crippen LogP contribution in [-0.4, -0.2) is 37.8 Å². The van der Waals surface area contributed by atoms with Gasteiger partial charge in [-0.1, -0.05) is 23.7 Å². The predicted molar refractivity (Wildman–Crippen MR) is 98.5 cm³/mol. The zero-order valence-corrected chi connectivity index (χ0v) is 15.5. The third kappa shape index (κ3) is 4.43. The van der Waals surface area contributed by atoms with E-state index in [1.165, 1.54) is 14.0 Å². The fraction of sp³-hybridized carbons (Fsp3) is 0.263. The number of fused-ring (bicyclic) bond motifs is 1. The van der Waals surface area contributed by atoms with Crippen LogP contribution in [0, 0.1) is 0 Å². The zero-order valence-electron chi connectivity index (χ0n) is 14.7. The highest BCUT2D eigenvalue weighted by Gasteiger charge is 2.31. The Morgan fingerprint density at radius 2 is 1.96 bits per heavy atom. The number of carbonyl (C=O) groups excluding carboxylic acids is 2. The average molecular weight is 392 g/mol. The van der Waals surface area contributed by atoms with Crippen LogP contribution >= 0.6 is 11.6 Å². The molecule has 142 valence electrons. The van der Waals surface area contributed by atoms with Gasteiger partial charge in [-0.05, 0) is 37.3 Å². The van der Waals surface area contributed by atoms with Crippen LogP contribution in [0.15, 0.2) is 42.5 Å². The highest BCUT2D eigenvalue weighted by molar-refractivity contribution is 6.32. The molecule has 2 aromatic carbocycles. The van der Waals surface area contributed by atoms with Crippen LogP contribution in [-0.2, 0) is 14.3 Å². The van der Waals surface area contributed by atoms with Crippen molar-refractivity contribution in [1.29, 1.82) is 0 Å². The monoisotopic (exact) mass is 391 g/mol. The predicted octanol–water partition coefficient (Wildman–Crippen LogP) is 3.06. The molecule has 3 rings (SSSR count). The molecule has 2 aromatic rings. The smallest absolute Gasteiger partial charge is 0.351 e. The van der Waals surface area contributed by atoms with Gasteiger partial charge < -0.3 is 24.3 Å². The second-order valence-corrected chi connectivity index (χ2v) is 6.19. The highest BCUT2D eigenvalue weighted by atomic mass is 35.5. The Balaban J connectivity index is 1.56. The molecule has 0 saturated carbocycles. The Kier molecular flexibility index (Phi) is 5.71. The summed E-state index contributed by atoms with van der Waals surface area (Å²) >= 11 is 6.03. The van der Waals surface area contributed by atoms with Gasteiger partial charge in [0.05, 0.1) is 12.1 Å². The number of halogens is 1. The lowest BCUT2D eigenvalue weighted by Gasteiger charge is -2.25. The van der Waals surface area contributed by atoms with Crippen LogP contribution in [0.2, 0.25) is 5.02 Å². The average Bonchev–Trinajstić information content (AvgIpc) is 2.67. The first-order valence-electron chi connectivity index (χ1n) is 8.21. The summed E-state index contributed by atoms with van der Waals surface area (Å²) in [7, 11) is 1.50. The first kappa shape index (κ1) is 18.8. The number of amides is 1. The van der Waals surface area contributed by atoms with E-state index < -0.39 is 24.1 Å². The van der Waals surface area contributed by atoms with E-state index in [-0.39, 0.29) is 6.61 Å². The molecule has 8 heteroatoms. The molecule has 1 aliphatic heterocycles. The number of methoxy groups -OCH3 is 1. The summed E-state index contributed by atoms with van der Waals surface area (Å²) in [5.74, 6) is 0.324. The summed E-state index contributed by atoms with van der Waals surface area (Å²) in [6, 6.07) is 11.8. The molecule has 1 heterocycles. The van der Waals surface area contributed by atoms with E-state index in [0.29, 0.717) is 28.0 Å². The number of hydrogen-bond acceptors (Lipinski definition) is 6. The van der Waals surface area contributed by atoms with Crippen molar-refractivity contribution in [3.05, 3.63) is 47.5 Å². The molecule has 1 amide bonds. The molecule has 27 heavy (non-hydrogen) atoms. The van der Waals surface area contributed by atoms with Crippen molar-refractivity contribution < 1.29 is 28.5 Å². The van der Waals surface area contributed by atoms with E-state index in [1.807, 2.05) is 0 Å². The molecule has 0 radical (unpaired) electrons. The molecule has 0 fully saturated rings. The number of para-hydroxylation sites is 2. The molecular formula is C19H18ClNO6. The quantitative estimate of drug-likeness (QED) is 0.789. The lowest BCUT2D eigenvalue weighted by molar-refractivity contribution is -0.162. The molecule has 1 aliphatic rings. The lowest BCUT2D eigenvalue weighted by Crippen LogP contribution is -2.41. The van der Waals surface area contributed by atoms with E-state index in [0.717, 1.165) is 0 Å². The van der Waals surface area contributed by atoms with Crippen molar-refractivity contribution in [2.24, 2.45) is 0 Å². The number of anilines is 1. The molecule has 0 aliphatic carbocycles. The van der Waals surface area contributed by atoms with Gasteiger partial charge in [-0.15, -0.1) is 0 Å². The maximum Gasteiger partial charge on any atom is 0.351 e. The Labute approximate surface area is 161 Å². The highest BCUT2D eigenvalue weighted by Crippen LogP contribution is 2.31. The van der Waals surface area contributed by atoms with Crippen molar-refractivity contribution in [1.82, 2.24) is 0 Å². The Bertz CT molecular complexity index is 856. The summed E-state index contributed by atoms with van der Waals surface area (Å²) in [5, 5.41) is 2.98. The fourth-order valence-electron chi connectivity index (χ4n) is 2.43. The first-order chi connectivity index (χ1) is 13.0. The third-order valence-corrected chi connectivity index (χ3v) is 4.15. The minimum Gasteiger partial charge on any atom is -0.495 e. The van der Waals surface area contributed by atoms with Crippen molar-refractivity contribution >= 4 is 29.2 Å². The van der Waals surface area contributed by atoms with Gasteiger partial charge in [0.25, 0.3) is 5.91 Å².